The van der Waals surface area contributed by atoms with Crippen LogP contribution in [-0.2, 0) is 46.5 Å². The van der Waals surface area contributed by atoms with Crippen LogP contribution in [0.15, 0.2) is 72.7 Å². The summed E-state index contributed by atoms with van der Waals surface area (Å²) in [7, 11) is -5.83. The molecular formula is C24H25F3O7S. The zero-order valence-corrected chi connectivity index (χ0v) is 19.4. The second kappa shape index (κ2) is 11.0. The Bertz CT molecular complexity index is 1090. The van der Waals surface area contributed by atoms with Gasteiger partial charge in [0.2, 0.25) is 0 Å². The molecule has 0 aliphatic carbocycles. The molecule has 2 aromatic carbocycles. The van der Waals surface area contributed by atoms with E-state index in [1.165, 1.54) is 0 Å². The van der Waals surface area contributed by atoms with Crippen LogP contribution >= 0.6 is 0 Å². The minimum absolute atomic E-state index is 0.119. The van der Waals surface area contributed by atoms with Gasteiger partial charge in [0.15, 0.2) is 0 Å². The van der Waals surface area contributed by atoms with Gasteiger partial charge in [-0.3, -0.25) is 0 Å². The largest absolute Gasteiger partial charge is 0.534 e. The van der Waals surface area contributed by atoms with Crippen LogP contribution in [-0.4, -0.2) is 44.9 Å². The molecule has 0 spiro atoms. The smallest absolute Gasteiger partial charge is 0.459 e. The van der Waals surface area contributed by atoms with Crippen LogP contribution < -0.4 is 0 Å². The molecule has 35 heavy (non-hydrogen) atoms. The summed E-state index contributed by atoms with van der Waals surface area (Å²) < 4.78 is 88.4. The van der Waals surface area contributed by atoms with Gasteiger partial charge in [-0.05, 0) is 11.1 Å². The first-order valence-corrected chi connectivity index (χ1v) is 12.4. The number of rotatable bonds is 9. The highest BCUT2D eigenvalue weighted by atomic mass is 32.2. The fourth-order valence-electron chi connectivity index (χ4n) is 3.85. The molecule has 0 aromatic heterocycles. The maximum Gasteiger partial charge on any atom is 0.534 e. The molecule has 2 heterocycles. The molecule has 4 rings (SSSR count). The van der Waals surface area contributed by atoms with E-state index in [0.717, 1.165) is 17.2 Å². The minimum Gasteiger partial charge on any atom is -0.459 e. The average molecular weight is 515 g/mol. The van der Waals surface area contributed by atoms with Gasteiger partial charge in [0.1, 0.15) is 12.2 Å². The van der Waals surface area contributed by atoms with Crippen LogP contribution in [0.1, 0.15) is 24.0 Å². The van der Waals surface area contributed by atoms with Crippen molar-refractivity contribution in [1.82, 2.24) is 0 Å². The number of halogens is 3. The summed E-state index contributed by atoms with van der Waals surface area (Å²) in [6.45, 7) is 0.889. The van der Waals surface area contributed by atoms with E-state index in [1.54, 1.807) is 0 Å². The SMILES string of the molecule is O=S(=O)(OC1=CC[C@H]2O[C@@H](COCc3ccccc3)[C@H](OCc3ccccc3)C[C@@H]2O1)C(F)(F)F. The van der Waals surface area contributed by atoms with Crippen molar-refractivity contribution in [2.75, 3.05) is 6.61 Å². The van der Waals surface area contributed by atoms with Crippen LogP contribution in [0.4, 0.5) is 13.2 Å². The first-order chi connectivity index (χ1) is 16.7. The van der Waals surface area contributed by atoms with Crippen molar-refractivity contribution in [2.45, 2.75) is 56.0 Å². The van der Waals surface area contributed by atoms with E-state index in [4.69, 9.17) is 18.9 Å². The molecule has 2 aromatic rings. The van der Waals surface area contributed by atoms with Crippen molar-refractivity contribution in [3.63, 3.8) is 0 Å². The Morgan fingerprint density at radius 1 is 0.914 bits per heavy atom. The van der Waals surface area contributed by atoms with E-state index >= 15 is 0 Å². The van der Waals surface area contributed by atoms with Crippen molar-refractivity contribution in [2.24, 2.45) is 0 Å². The number of benzene rings is 2. The summed E-state index contributed by atoms with van der Waals surface area (Å²) in [5.74, 6) is -0.715. The molecule has 0 N–H and O–H groups in total. The van der Waals surface area contributed by atoms with Crippen molar-refractivity contribution in [3.05, 3.63) is 83.8 Å². The number of alkyl halides is 3. The van der Waals surface area contributed by atoms with Crippen molar-refractivity contribution >= 4 is 10.1 Å². The second-order valence-electron chi connectivity index (χ2n) is 8.18. The second-order valence-corrected chi connectivity index (χ2v) is 9.72. The quantitative estimate of drug-likeness (QED) is 0.362. The van der Waals surface area contributed by atoms with E-state index < -0.39 is 46.0 Å². The van der Waals surface area contributed by atoms with Gasteiger partial charge in [0.05, 0.1) is 32.0 Å². The van der Waals surface area contributed by atoms with E-state index in [1.807, 2.05) is 60.7 Å². The Morgan fingerprint density at radius 2 is 1.54 bits per heavy atom. The molecule has 1 saturated heterocycles. The molecule has 0 saturated carbocycles. The molecule has 0 bridgehead atoms. The number of hydrogen-bond acceptors (Lipinski definition) is 7. The molecule has 2 aliphatic rings. The molecule has 0 radical (unpaired) electrons. The summed E-state index contributed by atoms with van der Waals surface area (Å²) in [6, 6.07) is 19.1. The normalized spacial score (nSPS) is 24.7. The van der Waals surface area contributed by atoms with Gasteiger partial charge in [-0.2, -0.15) is 21.6 Å². The van der Waals surface area contributed by atoms with E-state index in [-0.39, 0.29) is 26.1 Å². The van der Waals surface area contributed by atoms with Crippen LogP contribution in [0.5, 0.6) is 0 Å². The Labute approximate surface area is 201 Å². The standard InChI is InChI=1S/C24H25F3O7S/c25-24(26,27)35(28,29)34-23-12-11-19-21(33-23)13-20(31-15-18-9-5-2-6-10-18)22(32-19)16-30-14-17-7-3-1-4-8-17/h1-10,12,19-22H,11,13-16H2/t19-,20-,21+,22+/m1/s1. The Morgan fingerprint density at radius 3 is 2.17 bits per heavy atom. The van der Waals surface area contributed by atoms with Crippen molar-refractivity contribution in [3.8, 4) is 0 Å². The zero-order chi connectivity index (χ0) is 24.9. The highest BCUT2D eigenvalue weighted by Crippen LogP contribution is 2.35. The first-order valence-electron chi connectivity index (χ1n) is 11.0. The number of fused-ring (bicyclic) bond motifs is 1. The summed E-state index contributed by atoms with van der Waals surface area (Å²) in [4.78, 5) is 0. The predicted octanol–water partition coefficient (Wildman–Crippen LogP) is 4.44. The first kappa shape index (κ1) is 25.5. The maximum atomic E-state index is 12.7. The monoisotopic (exact) mass is 514 g/mol. The van der Waals surface area contributed by atoms with Gasteiger partial charge in [-0.1, -0.05) is 60.7 Å². The van der Waals surface area contributed by atoms with Gasteiger partial charge in [0.25, 0.3) is 5.95 Å². The lowest BCUT2D eigenvalue weighted by Gasteiger charge is -2.42. The van der Waals surface area contributed by atoms with Crippen molar-refractivity contribution in [1.29, 1.82) is 0 Å². The Kier molecular flexibility index (Phi) is 8.00. The Balaban J connectivity index is 1.42. The third-order valence-electron chi connectivity index (χ3n) is 5.60. The Hall–Kier alpha value is -2.60. The summed E-state index contributed by atoms with van der Waals surface area (Å²) >= 11 is 0. The molecule has 4 atom stereocenters. The van der Waals surface area contributed by atoms with Crippen LogP contribution in [0, 0.1) is 0 Å². The van der Waals surface area contributed by atoms with Crippen LogP contribution in [0.25, 0.3) is 0 Å². The minimum atomic E-state index is -5.83. The summed E-state index contributed by atoms with van der Waals surface area (Å²) in [5.41, 5.74) is -3.62. The van der Waals surface area contributed by atoms with Gasteiger partial charge in [-0.25, -0.2) is 0 Å². The third-order valence-corrected chi connectivity index (χ3v) is 6.55. The highest BCUT2D eigenvalue weighted by Gasteiger charge is 2.50. The van der Waals surface area contributed by atoms with Crippen LogP contribution in [0.3, 0.4) is 0 Å². The molecule has 2 aliphatic heterocycles. The lowest BCUT2D eigenvalue weighted by Crippen LogP contribution is -2.52. The van der Waals surface area contributed by atoms with E-state index in [0.29, 0.717) is 6.61 Å². The van der Waals surface area contributed by atoms with E-state index in [9.17, 15) is 21.6 Å². The molecule has 190 valence electrons. The molecular weight excluding hydrogens is 489 g/mol. The average Bonchev–Trinajstić information content (AvgIpc) is 2.83. The fourth-order valence-corrected chi connectivity index (χ4v) is 4.27. The van der Waals surface area contributed by atoms with Gasteiger partial charge in [0, 0.05) is 18.9 Å². The maximum absolute atomic E-state index is 12.7. The molecule has 1 fully saturated rings. The van der Waals surface area contributed by atoms with Gasteiger partial charge < -0.3 is 23.1 Å². The van der Waals surface area contributed by atoms with Gasteiger partial charge in [-0.15, -0.1) is 0 Å². The topological polar surface area (TPSA) is 80.3 Å². The fraction of sp³-hybridized carbons (Fsp3) is 0.417. The number of hydrogen-bond donors (Lipinski definition) is 0. The third kappa shape index (κ3) is 6.75. The molecule has 11 heteroatoms. The summed E-state index contributed by atoms with van der Waals surface area (Å²) in [6.07, 6.45) is -0.718. The number of ether oxygens (including phenoxy) is 4. The predicted molar refractivity (Wildman–Crippen MR) is 118 cm³/mol. The lowest BCUT2D eigenvalue weighted by molar-refractivity contribution is -0.215. The van der Waals surface area contributed by atoms with Crippen molar-refractivity contribution < 1.29 is 44.7 Å². The highest BCUT2D eigenvalue weighted by molar-refractivity contribution is 7.87. The molecule has 7 nitrogen and oxygen atoms in total. The lowest BCUT2D eigenvalue weighted by atomic mass is 9.95. The summed E-state index contributed by atoms with van der Waals surface area (Å²) in [5, 5.41) is 0. The zero-order valence-electron chi connectivity index (χ0n) is 18.6. The van der Waals surface area contributed by atoms with E-state index in [2.05, 4.69) is 4.18 Å². The van der Waals surface area contributed by atoms with Gasteiger partial charge >= 0.3 is 15.6 Å². The molecule has 0 unspecified atom stereocenters. The molecule has 0 amide bonds. The van der Waals surface area contributed by atoms with Crippen LogP contribution in [0.2, 0.25) is 0 Å².